The molecular formula is C60H40N2OSi. The summed E-state index contributed by atoms with van der Waals surface area (Å²) in [5.41, 5.74) is 11.0. The largest absolute Gasteiger partial charge is 0.456 e. The van der Waals surface area contributed by atoms with Crippen molar-refractivity contribution in [2.45, 2.75) is 0 Å². The fraction of sp³-hybridized carbons (Fsp3) is 0. The first kappa shape index (κ1) is 36.5. The van der Waals surface area contributed by atoms with Crippen LogP contribution in [0, 0.1) is 0 Å². The Hall–Kier alpha value is -8.18. The summed E-state index contributed by atoms with van der Waals surface area (Å²) in [5.74, 6) is 0. The lowest BCUT2D eigenvalue weighted by Crippen LogP contribution is -2.74. The monoisotopic (exact) mass is 832 g/mol. The molecule has 4 heteroatoms. The van der Waals surface area contributed by atoms with Crippen LogP contribution in [0.5, 0.6) is 0 Å². The van der Waals surface area contributed by atoms with Crippen molar-refractivity contribution in [3.8, 4) is 22.5 Å². The van der Waals surface area contributed by atoms with Crippen LogP contribution in [0.3, 0.4) is 0 Å². The molecule has 0 atom stereocenters. The zero-order valence-electron chi connectivity index (χ0n) is 34.9. The van der Waals surface area contributed by atoms with Gasteiger partial charge in [0, 0.05) is 43.7 Å². The molecule has 0 amide bonds. The molecule has 13 aromatic rings. The molecule has 0 unspecified atom stereocenters. The molecule has 0 aliphatic carbocycles. The number of hydrogen-bond donors (Lipinski definition) is 0. The number of nitrogens with zero attached hydrogens (tertiary/aromatic N) is 2. The van der Waals surface area contributed by atoms with Gasteiger partial charge in [-0.3, -0.25) is 0 Å². The van der Waals surface area contributed by atoms with Gasteiger partial charge in [-0.25, -0.2) is 0 Å². The van der Waals surface area contributed by atoms with E-state index in [0.29, 0.717) is 0 Å². The van der Waals surface area contributed by atoms with Gasteiger partial charge in [0.1, 0.15) is 11.2 Å². The molecule has 3 nitrogen and oxygen atoms in total. The highest BCUT2D eigenvalue weighted by molar-refractivity contribution is 7.19. The van der Waals surface area contributed by atoms with Crippen molar-refractivity contribution >= 4 is 94.4 Å². The zero-order chi connectivity index (χ0) is 42.2. The lowest BCUT2D eigenvalue weighted by Gasteiger charge is -2.34. The van der Waals surface area contributed by atoms with Crippen LogP contribution in [-0.4, -0.2) is 17.2 Å². The van der Waals surface area contributed by atoms with Gasteiger partial charge in [-0.05, 0) is 92.5 Å². The van der Waals surface area contributed by atoms with E-state index >= 15 is 0 Å². The minimum absolute atomic E-state index is 0.901. The summed E-state index contributed by atoms with van der Waals surface area (Å²) < 4.78 is 11.3. The molecule has 0 aliphatic heterocycles. The van der Waals surface area contributed by atoms with E-state index in [-0.39, 0.29) is 0 Å². The van der Waals surface area contributed by atoms with Gasteiger partial charge in [-0.1, -0.05) is 182 Å². The van der Waals surface area contributed by atoms with Crippen molar-refractivity contribution in [1.29, 1.82) is 0 Å². The standard InChI is InChI=1S/C60H40N2OSi/c1-4-18-45(19-5-1)64(46-20-6-2-7-21-46,47-22-8-3-9-23-47)48-24-16-17-43(39-48)61-55-28-13-11-26-50(55)52-36-33-44(40-58(52)61)62-56-29-14-10-25-49(56)51-34-31-41(37-57(51)62)42-32-35-54-53-27-12-15-30-59(53)63-60(54)38-42/h1-40H. The van der Waals surface area contributed by atoms with Gasteiger partial charge in [0.2, 0.25) is 0 Å². The normalized spacial score (nSPS) is 12.1. The Morgan fingerprint density at radius 1 is 0.266 bits per heavy atom. The molecule has 0 N–H and O–H groups in total. The maximum Gasteiger partial charge on any atom is 0.179 e. The van der Waals surface area contributed by atoms with Gasteiger partial charge in [0.05, 0.1) is 22.1 Å². The van der Waals surface area contributed by atoms with E-state index in [1.165, 1.54) is 58.8 Å². The summed E-state index contributed by atoms with van der Waals surface area (Å²) in [6, 6.07) is 89.4. The first-order chi connectivity index (χ1) is 31.7. The first-order valence-corrected chi connectivity index (χ1v) is 24.0. The molecule has 0 fully saturated rings. The molecule has 0 bridgehead atoms. The van der Waals surface area contributed by atoms with Crippen LogP contribution in [0.25, 0.3) is 88.1 Å². The van der Waals surface area contributed by atoms with Crippen LogP contribution in [0.2, 0.25) is 0 Å². The van der Waals surface area contributed by atoms with Crippen molar-refractivity contribution in [3.05, 3.63) is 243 Å². The van der Waals surface area contributed by atoms with Crippen molar-refractivity contribution in [2.75, 3.05) is 0 Å². The Morgan fingerprint density at radius 2 is 0.703 bits per heavy atom. The van der Waals surface area contributed by atoms with Crippen LogP contribution < -0.4 is 20.7 Å². The average Bonchev–Trinajstić information content (AvgIpc) is 4.02. The van der Waals surface area contributed by atoms with E-state index in [1.807, 2.05) is 12.1 Å². The lowest BCUT2D eigenvalue weighted by molar-refractivity contribution is 0.669. The molecule has 0 spiro atoms. The van der Waals surface area contributed by atoms with E-state index in [4.69, 9.17) is 4.42 Å². The number of rotatable bonds is 7. The Balaban J connectivity index is 1.03. The third kappa shape index (κ3) is 5.46. The predicted octanol–water partition coefficient (Wildman–Crippen LogP) is 12.8. The minimum atomic E-state index is -2.78. The number of aromatic nitrogens is 2. The van der Waals surface area contributed by atoms with E-state index in [0.717, 1.165) is 50.0 Å². The minimum Gasteiger partial charge on any atom is -0.456 e. The summed E-state index contributed by atoms with van der Waals surface area (Å²) in [7, 11) is -2.78. The molecule has 300 valence electrons. The molecule has 0 aliphatic rings. The fourth-order valence-electron chi connectivity index (χ4n) is 10.7. The molecule has 0 saturated carbocycles. The van der Waals surface area contributed by atoms with Crippen molar-refractivity contribution in [2.24, 2.45) is 0 Å². The molecule has 13 rings (SSSR count). The number of fused-ring (bicyclic) bond motifs is 9. The van der Waals surface area contributed by atoms with Crippen molar-refractivity contribution in [3.63, 3.8) is 0 Å². The van der Waals surface area contributed by atoms with Crippen molar-refractivity contribution < 1.29 is 4.42 Å². The number of para-hydroxylation sites is 3. The fourth-order valence-corrected chi connectivity index (χ4v) is 15.4. The van der Waals surface area contributed by atoms with Crippen LogP contribution >= 0.6 is 0 Å². The third-order valence-corrected chi connectivity index (χ3v) is 18.2. The van der Waals surface area contributed by atoms with Gasteiger partial charge >= 0.3 is 0 Å². The molecule has 10 aromatic carbocycles. The number of furan rings is 1. The quantitative estimate of drug-likeness (QED) is 0.116. The average molecular weight is 833 g/mol. The second-order valence-corrected chi connectivity index (χ2v) is 20.7. The maximum atomic E-state index is 6.34. The Kier molecular flexibility index (Phi) is 8.23. The summed E-state index contributed by atoms with van der Waals surface area (Å²) in [5, 5.41) is 12.6. The van der Waals surface area contributed by atoms with Gasteiger partial charge in [-0.2, -0.15) is 0 Å². The molecular weight excluding hydrogens is 793 g/mol. The predicted molar refractivity (Wildman–Crippen MR) is 271 cm³/mol. The Labute approximate surface area is 371 Å². The highest BCUT2D eigenvalue weighted by atomic mass is 28.3. The van der Waals surface area contributed by atoms with E-state index < -0.39 is 8.07 Å². The van der Waals surface area contributed by atoms with E-state index in [9.17, 15) is 0 Å². The summed E-state index contributed by atoms with van der Waals surface area (Å²) in [4.78, 5) is 0. The number of hydrogen-bond acceptors (Lipinski definition) is 1. The SMILES string of the molecule is c1ccc([Si](c2ccccc2)(c2ccccc2)c2cccc(-n3c4ccccc4c4ccc(-n5c6ccccc6c6ccc(-c7ccc8c(c7)oc7ccccc78)cc65)cc43)c2)cc1. The highest BCUT2D eigenvalue weighted by Crippen LogP contribution is 2.39. The Morgan fingerprint density at radius 3 is 1.33 bits per heavy atom. The topological polar surface area (TPSA) is 23.0 Å². The smallest absolute Gasteiger partial charge is 0.179 e. The van der Waals surface area contributed by atoms with E-state index in [2.05, 4.69) is 240 Å². The molecule has 64 heavy (non-hydrogen) atoms. The summed E-state index contributed by atoms with van der Waals surface area (Å²) >= 11 is 0. The third-order valence-electron chi connectivity index (χ3n) is 13.5. The first-order valence-electron chi connectivity index (χ1n) is 22.0. The van der Waals surface area contributed by atoms with Gasteiger partial charge < -0.3 is 13.6 Å². The van der Waals surface area contributed by atoms with Crippen LogP contribution in [0.1, 0.15) is 0 Å². The molecule has 0 saturated heterocycles. The molecule has 3 heterocycles. The zero-order valence-corrected chi connectivity index (χ0v) is 35.9. The molecule has 3 aromatic heterocycles. The second kappa shape index (κ2) is 14.5. The maximum absolute atomic E-state index is 6.34. The van der Waals surface area contributed by atoms with Crippen LogP contribution in [-0.2, 0) is 0 Å². The lowest BCUT2D eigenvalue weighted by atomic mass is 10.0. The second-order valence-electron chi connectivity index (χ2n) is 16.8. The van der Waals surface area contributed by atoms with Gasteiger partial charge in [0.15, 0.2) is 8.07 Å². The highest BCUT2D eigenvalue weighted by Gasteiger charge is 2.41. The summed E-state index contributed by atoms with van der Waals surface area (Å²) in [6.45, 7) is 0. The van der Waals surface area contributed by atoms with E-state index in [1.54, 1.807) is 0 Å². The Bertz CT molecular complexity index is 3800. The summed E-state index contributed by atoms with van der Waals surface area (Å²) in [6.07, 6.45) is 0. The van der Waals surface area contributed by atoms with Gasteiger partial charge in [0.25, 0.3) is 0 Å². The van der Waals surface area contributed by atoms with Gasteiger partial charge in [-0.15, -0.1) is 0 Å². The van der Waals surface area contributed by atoms with Crippen LogP contribution in [0.4, 0.5) is 0 Å². The van der Waals surface area contributed by atoms with Crippen molar-refractivity contribution in [1.82, 2.24) is 9.13 Å². The number of benzene rings is 10. The van der Waals surface area contributed by atoms with Crippen LogP contribution in [0.15, 0.2) is 247 Å². The molecule has 0 radical (unpaired) electrons.